The first-order chi connectivity index (χ1) is 12.3. The molecule has 1 aromatic carbocycles. The molecule has 6 nitrogen and oxygen atoms in total. The van der Waals surface area contributed by atoms with Gasteiger partial charge in [-0.15, -0.1) is 12.4 Å². The van der Waals surface area contributed by atoms with Crippen molar-refractivity contribution >= 4 is 24.4 Å². The van der Waals surface area contributed by atoms with E-state index in [1.54, 1.807) is 24.5 Å². The van der Waals surface area contributed by atoms with Crippen LogP contribution < -0.4 is 9.47 Å². The van der Waals surface area contributed by atoms with Crippen LogP contribution in [0.25, 0.3) is 6.08 Å². The predicted molar refractivity (Wildman–Crippen MR) is 99.4 cm³/mol. The highest BCUT2D eigenvalue weighted by atomic mass is 35.5. The minimum atomic E-state index is 0. The van der Waals surface area contributed by atoms with Gasteiger partial charge < -0.3 is 18.8 Å². The van der Waals surface area contributed by atoms with Crippen LogP contribution in [0.2, 0.25) is 0 Å². The number of amides is 1. The first kappa shape index (κ1) is 18.4. The zero-order valence-corrected chi connectivity index (χ0v) is 15.1. The Morgan fingerprint density at radius 2 is 1.88 bits per heavy atom. The van der Waals surface area contributed by atoms with Crippen LogP contribution in [-0.4, -0.2) is 48.7 Å². The highest BCUT2D eigenvalue weighted by Gasteiger charge is 2.20. The monoisotopic (exact) mass is 376 g/mol. The minimum Gasteiger partial charge on any atom is -0.465 e. The van der Waals surface area contributed by atoms with E-state index in [0.717, 1.165) is 44.2 Å². The lowest BCUT2D eigenvalue weighted by Gasteiger charge is -2.34. The molecule has 3 heterocycles. The molecule has 7 heteroatoms. The van der Waals surface area contributed by atoms with E-state index in [2.05, 4.69) is 11.0 Å². The lowest BCUT2D eigenvalue weighted by Crippen LogP contribution is -2.47. The van der Waals surface area contributed by atoms with Crippen LogP contribution in [0.15, 0.2) is 47.1 Å². The highest BCUT2D eigenvalue weighted by Crippen LogP contribution is 2.32. The minimum absolute atomic E-state index is 0. The summed E-state index contributed by atoms with van der Waals surface area (Å²) in [5.74, 6) is 2.34. The topological polar surface area (TPSA) is 55.2 Å². The second-order valence-corrected chi connectivity index (χ2v) is 6.14. The second kappa shape index (κ2) is 8.29. The summed E-state index contributed by atoms with van der Waals surface area (Å²) in [4.78, 5) is 16.5. The average molecular weight is 377 g/mol. The maximum absolute atomic E-state index is 12.2. The molecule has 0 N–H and O–H groups in total. The number of carbonyl (C=O) groups is 1. The van der Waals surface area contributed by atoms with Gasteiger partial charge in [0.2, 0.25) is 12.7 Å². The summed E-state index contributed by atoms with van der Waals surface area (Å²) in [6.07, 6.45) is 4.88. The maximum Gasteiger partial charge on any atom is 0.246 e. The summed E-state index contributed by atoms with van der Waals surface area (Å²) in [6, 6.07) is 9.69. The van der Waals surface area contributed by atoms with Gasteiger partial charge in [-0.05, 0) is 35.9 Å². The third-order valence-electron chi connectivity index (χ3n) is 4.46. The standard InChI is InChI=1S/C19H20N2O4.ClH/c22-19(6-4-16-2-1-11-23-16)21-9-7-20(8-10-21)13-15-3-5-17-18(12-15)25-14-24-17;/h1-6,11-12H,7-10,13-14H2;1H/b6-4+;. The molecule has 1 fully saturated rings. The smallest absolute Gasteiger partial charge is 0.246 e. The molecule has 4 rings (SSSR count). The van der Waals surface area contributed by atoms with Crippen molar-refractivity contribution in [2.24, 2.45) is 0 Å². The van der Waals surface area contributed by atoms with E-state index in [1.165, 1.54) is 5.56 Å². The fourth-order valence-electron chi connectivity index (χ4n) is 3.07. The number of halogens is 1. The van der Waals surface area contributed by atoms with Gasteiger partial charge in [0.25, 0.3) is 0 Å². The number of nitrogens with zero attached hydrogens (tertiary/aromatic N) is 2. The van der Waals surface area contributed by atoms with E-state index in [1.807, 2.05) is 23.1 Å². The molecular formula is C19H21ClN2O4. The van der Waals surface area contributed by atoms with Crippen LogP contribution >= 0.6 is 12.4 Å². The summed E-state index contributed by atoms with van der Waals surface area (Å²) in [6.45, 7) is 4.31. The summed E-state index contributed by atoms with van der Waals surface area (Å²) in [5, 5.41) is 0. The Morgan fingerprint density at radius 3 is 2.65 bits per heavy atom. The van der Waals surface area contributed by atoms with Gasteiger partial charge in [0.15, 0.2) is 11.5 Å². The molecule has 0 spiro atoms. The van der Waals surface area contributed by atoms with E-state index in [4.69, 9.17) is 13.9 Å². The maximum atomic E-state index is 12.2. The van der Waals surface area contributed by atoms with E-state index in [-0.39, 0.29) is 18.3 Å². The largest absolute Gasteiger partial charge is 0.465 e. The summed E-state index contributed by atoms with van der Waals surface area (Å²) >= 11 is 0. The zero-order valence-electron chi connectivity index (χ0n) is 14.3. The lowest BCUT2D eigenvalue weighted by molar-refractivity contribution is -0.127. The van der Waals surface area contributed by atoms with Crippen molar-refractivity contribution < 1.29 is 18.7 Å². The molecule has 138 valence electrons. The number of piperazine rings is 1. The molecular weight excluding hydrogens is 356 g/mol. The second-order valence-electron chi connectivity index (χ2n) is 6.14. The molecule has 2 aromatic rings. The van der Waals surface area contributed by atoms with Crippen molar-refractivity contribution in [3.8, 4) is 11.5 Å². The van der Waals surface area contributed by atoms with Crippen molar-refractivity contribution in [1.82, 2.24) is 9.80 Å². The van der Waals surface area contributed by atoms with Crippen molar-refractivity contribution in [2.45, 2.75) is 6.54 Å². The Labute approximate surface area is 158 Å². The average Bonchev–Trinajstić information content (AvgIpc) is 3.31. The third kappa shape index (κ3) is 4.20. The van der Waals surface area contributed by atoms with Gasteiger partial charge in [-0.1, -0.05) is 6.07 Å². The van der Waals surface area contributed by atoms with Gasteiger partial charge in [-0.3, -0.25) is 9.69 Å². The Kier molecular flexibility index (Phi) is 5.85. The lowest BCUT2D eigenvalue weighted by atomic mass is 10.1. The normalized spacial score (nSPS) is 16.7. The van der Waals surface area contributed by atoms with Crippen molar-refractivity contribution in [2.75, 3.05) is 33.0 Å². The van der Waals surface area contributed by atoms with Crippen LogP contribution in [0, 0.1) is 0 Å². The molecule has 0 saturated carbocycles. The van der Waals surface area contributed by atoms with E-state index in [0.29, 0.717) is 12.6 Å². The van der Waals surface area contributed by atoms with Crippen molar-refractivity contribution in [3.63, 3.8) is 0 Å². The zero-order chi connectivity index (χ0) is 17.1. The number of ether oxygens (including phenoxy) is 2. The molecule has 1 saturated heterocycles. The number of rotatable bonds is 4. The first-order valence-corrected chi connectivity index (χ1v) is 8.39. The van der Waals surface area contributed by atoms with Gasteiger partial charge in [0.1, 0.15) is 5.76 Å². The number of benzene rings is 1. The molecule has 0 atom stereocenters. The number of hydrogen-bond acceptors (Lipinski definition) is 5. The van der Waals surface area contributed by atoms with E-state index >= 15 is 0 Å². The highest BCUT2D eigenvalue weighted by molar-refractivity contribution is 5.91. The molecule has 2 aliphatic rings. The Bertz CT molecular complexity index is 768. The Hall–Kier alpha value is -2.44. The number of carbonyl (C=O) groups excluding carboxylic acids is 1. The molecule has 0 bridgehead atoms. The van der Waals surface area contributed by atoms with Crippen LogP contribution in [0.1, 0.15) is 11.3 Å². The van der Waals surface area contributed by atoms with Crippen molar-refractivity contribution in [3.05, 3.63) is 54.0 Å². The van der Waals surface area contributed by atoms with Crippen LogP contribution in [0.5, 0.6) is 11.5 Å². The van der Waals surface area contributed by atoms with Gasteiger partial charge in [0, 0.05) is 38.8 Å². The van der Waals surface area contributed by atoms with Crippen LogP contribution in [-0.2, 0) is 11.3 Å². The summed E-state index contributed by atoms with van der Waals surface area (Å²) < 4.78 is 16.0. The summed E-state index contributed by atoms with van der Waals surface area (Å²) in [5.41, 5.74) is 1.20. The Morgan fingerprint density at radius 1 is 1.08 bits per heavy atom. The molecule has 1 aromatic heterocycles. The third-order valence-corrected chi connectivity index (χ3v) is 4.46. The quantitative estimate of drug-likeness (QED) is 0.768. The fourth-order valence-corrected chi connectivity index (χ4v) is 3.07. The van der Waals surface area contributed by atoms with Gasteiger partial charge >= 0.3 is 0 Å². The summed E-state index contributed by atoms with van der Waals surface area (Å²) in [7, 11) is 0. The number of hydrogen-bond donors (Lipinski definition) is 0. The number of fused-ring (bicyclic) bond motifs is 1. The van der Waals surface area contributed by atoms with Gasteiger partial charge in [-0.25, -0.2) is 0 Å². The van der Waals surface area contributed by atoms with Crippen LogP contribution in [0.3, 0.4) is 0 Å². The van der Waals surface area contributed by atoms with Crippen molar-refractivity contribution in [1.29, 1.82) is 0 Å². The SMILES string of the molecule is Cl.O=C(/C=C/c1ccco1)N1CCN(Cc2ccc3c(c2)OCO3)CC1. The van der Waals surface area contributed by atoms with Gasteiger partial charge in [0.05, 0.1) is 6.26 Å². The van der Waals surface area contributed by atoms with E-state index in [9.17, 15) is 4.79 Å². The molecule has 0 aliphatic carbocycles. The number of furan rings is 1. The molecule has 26 heavy (non-hydrogen) atoms. The molecule has 1 amide bonds. The predicted octanol–water partition coefficient (Wildman–Crippen LogP) is 2.79. The molecule has 2 aliphatic heterocycles. The fraction of sp³-hybridized carbons (Fsp3) is 0.316. The molecule has 0 unspecified atom stereocenters. The van der Waals surface area contributed by atoms with E-state index < -0.39 is 0 Å². The molecule has 0 radical (unpaired) electrons. The van der Waals surface area contributed by atoms with Crippen LogP contribution in [0.4, 0.5) is 0 Å². The van der Waals surface area contributed by atoms with Gasteiger partial charge in [-0.2, -0.15) is 0 Å². The Balaban J connectivity index is 0.00000196. The first-order valence-electron chi connectivity index (χ1n) is 8.39.